The normalized spacial score (nSPS) is 11.8. The molecule has 6 nitrogen and oxygen atoms in total. The number of nitrogens with zero attached hydrogens (tertiary/aromatic N) is 4. The second-order valence-corrected chi connectivity index (χ2v) is 6.17. The summed E-state index contributed by atoms with van der Waals surface area (Å²) in [6.07, 6.45) is 3.15. The Morgan fingerprint density at radius 1 is 1.19 bits per heavy atom. The highest BCUT2D eigenvalue weighted by Gasteiger charge is 2.18. The van der Waals surface area contributed by atoms with Crippen molar-refractivity contribution in [3.8, 4) is 11.4 Å². The lowest BCUT2D eigenvalue weighted by atomic mass is 10.1. The predicted octanol–water partition coefficient (Wildman–Crippen LogP) is 3.17. The first-order valence-electron chi connectivity index (χ1n) is 8.45. The first kappa shape index (κ1) is 17.7. The van der Waals surface area contributed by atoms with Crippen molar-refractivity contribution in [2.24, 2.45) is 0 Å². The second kappa shape index (κ2) is 7.82. The molecule has 2 aromatic carbocycles. The Bertz CT molecular complexity index is 860. The summed E-state index contributed by atoms with van der Waals surface area (Å²) in [7, 11) is 1.79. The zero-order valence-electron chi connectivity index (χ0n) is 15.2. The van der Waals surface area contributed by atoms with E-state index in [2.05, 4.69) is 10.1 Å². The molecule has 3 aromatic rings. The third-order valence-corrected chi connectivity index (χ3v) is 4.48. The van der Waals surface area contributed by atoms with Gasteiger partial charge in [0.25, 0.3) is 5.91 Å². The van der Waals surface area contributed by atoms with Crippen LogP contribution in [-0.2, 0) is 4.79 Å². The van der Waals surface area contributed by atoms with Crippen molar-refractivity contribution >= 4 is 5.91 Å². The third kappa shape index (κ3) is 3.91. The zero-order chi connectivity index (χ0) is 18.5. The molecule has 0 fully saturated rings. The molecule has 1 aromatic heterocycles. The fourth-order valence-electron chi connectivity index (χ4n) is 2.65. The van der Waals surface area contributed by atoms with Crippen molar-refractivity contribution in [1.82, 2.24) is 19.7 Å². The van der Waals surface area contributed by atoms with Crippen LogP contribution in [-0.4, -0.2) is 39.2 Å². The SMILES string of the molecule is Cc1ccccc1OCC(=O)N(C)C(C)c1ccc(-n2cncn2)cc1. The summed E-state index contributed by atoms with van der Waals surface area (Å²) >= 11 is 0. The summed E-state index contributed by atoms with van der Waals surface area (Å²) in [5.74, 6) is 0.667. The molecule has 0 N–H and O–H groups in total. The summed E-state index contributed by atoms with van der Waals surface area (Å²) < 4.78 is 7.36. The van der Waals surface area contributed by atoms with E-state index in [1.807, 2.05) is 62.4 Å². The van der Waals surface area contributed by atoms with E-state index < -0.39 is 0 Å². The van der Waals surface area contributed by atoms with Gasteiger partial charge in [0.05, 0.1) is 11.7 Å². The fourth-order valence-corrected chi connectivity index (χ4v) is 2.65. The molecule has 1 amide bonds. The predicted molar refractivity (Wildman–Crippen MR) is 99.2 cm³/mol. The number of ether oxygens (including phenoxy) is 1. The number of amides is 1. The van der Waals surface area contributed by atoms with Crippen molar-refractivity contribution in [2.75, 3.05) is 13.7 Å². The highest BCUT2D eigenvalue weighted by molar-refractivity contribution is 5.78. The number of carbonyl (C=O) groups excluding carboxylic acids is 1. The van der Waals surface area contributed by atoms with E-state index in [1.54, 1.807) is 23.0 Å². The maximum atomic E-state index is 12.5. The molecule has 0 radical (unpaired) electrons. The molecule has 0 bridgehead atoms. The van der Waals surface area contributed by atoms with Crippen LogP contribution in [0.15, 0.2) is 61.2 Å². The van der Waals surface area contributed by atoms with Gasteiger partial charge in [0.15, 0.2) is 6.61 Å². The Balaban J connectivity index is 1.62. The minimum absolute atomic E-state index is 0.0166. The Labute approximate surface area is 153 Å². The summed E-state index contributed by atoms with van der Waals surface area (Å²) in [5, 5.41) is 4.11. The molecule has 3 rings (SSSR count). The highest BCUT2D eigenvalue weighted by Crippen LogP contribution is 2.21. The minimum atomic E-state index is -0.0684. The molecule has 26 heavy (non-hydrogen) atoms. The minimum Gasteiger partial charge on any atom is -0.484 e. The first-order valence-corrected chi connectivity index (χ1v) is 8.45. The lowest BCUT2D eigenvalue weighted by Crippen LogP contribution is -2.33. The van der Waals surface area contributed by atoms with Gasteiger partial charge in [-0.05, 0) is 43.2 Å². The molecule has 1 heterocycles. The number of likely N-dealkylation sites (N-methyl/N-ethyl adjacent to an activating group) is 1. The van der Waals surface area contributed by atoms with Crippen LogP contribution in [0.25, 0.3) is 5.69 Å². The molecule has 6 heteroatoms. The number of para-hydroxylation sites is 1. The molecular weight excluding hydrogens is 328 g/mol. The second-order valence-electron chi connectivity index (χ2n) is 6.17. The van der Waals surface area contributed by atoms with Crippen LogP contribution in [0.1, 0.15) is 24.1 Å². The van der Waals surface area contributed by atoms with E-state index >= 15 is 0 Å². The molecular formula is C20H22N4O2. The molecule has 0 spiro atoms. The Morgan fingerprint density at radius 3 is 2.58 bits per heavy atom. The standard InChI is InChI=1S/C20H22N4O2/c1-15-6-4-5-7-19(15)26-12-20(25)23(3)16(2)17-8-10-18(11-9-17)24-14-21-13-22-24/h4-11,13-14,16H,12H2,1-3H3. The van der Waals surface area contributed by atoms with Crippen LogP contribution < -0.4 is 4.74 Å². The van der Waals surface area contributed by atoms with Gasteiger partial charge < -0.3 is 9.64 Å². The van der Waals surface area contributed by atoms with E-state index in [0.717, 1.165) is 22.6 Å². The van der Waals surface area contributed by atoms with Crippen LogP contribution >= 0.6 is 0 Å². The van der Waals surface area contributed by atoms with Crippen LogP contribution in [0.2, 0.25) is 0 Å². The van der Waals surface area contributed by atoms with Gasteiger partial charge in [0.2, 0.25) is 0 Å². The molecule has 0 saturated heterocycles. The van der Waals surface area contributed by atoms with Crippen LogP contribution in [0, 0.1) is 6.92 Å². The quantitative estimate of drug-likeness (QED) is 0.685. The van der Waals surface area contributed by atoms with Crippen molar-refractivity contribution in [1.29, 1.82) is 0 Å². The maximum absolute atomic E-state index is 12.5. The van der Waals surface area contributed by atoms with Gasteiger partial charge in [-0.25, -0.2) is 9.67 Å². The van der Waals surface area contributed by atoms with Gasteiger partial charge in [0.1, 0.15) is 18.4 Å². The number of carbonyl (C=O) groups is 1. The average Bonchev–Trinajstić information content (AvgIpc) is 3.21. The van der Waals surface area contributed by atoms with Crippen LogP contribution in [0.4, 0.5) is 0 Å². The zero-order valence-corrected chi connectivity index (χ0v) is 15.2. The first-order chi connectivity index (χ1) is 12.6. The molecule has 0 aliphatic rings. The Hall–Kier alpha value is -3.15. The lowest BCUT2D eigenvalue weighted by Gasteiger charge is -2.25. The molecule has 1 unspecified atom stereocenters. The van der Waals surface area contributed by atoms with Crippen LogP contribution in [0.5, 0.6) is 5.75 Å². The van der Waals surface area contributed by atoms with Crippen molar-refractivity contribution in [3.05, 3.63) is 72.3 Å². The van der Waals surface area contributed by atoms with Gasteiger partial charge in [-0.3, -0.25) is 4.79 Å². The van der Waals surface area contributed by atoms with Crippen molar-refractivity contribution < 1.29 is 9.53 Å². The number of hydrogen-bond donors (Lipinski definition) is 0. The number of benzene rings is 2. The van der Waals surface area contributed by atoms with Gasteiger partial charge >= 0.3 is 0 Å². The molecule has 134 valence electrons. The number of aryl methyl sites for hydroxylation is 1. The van der Waals surface area contributed by atoms with E-state index in [-0.39, 0.29) is 18.6 Å². The molecule has 0 aliphatic heterocycles. The van der Waals surface area contributed by atoms with E-state index in [0.29, 0.717) is 0 Å². The molecule has 1 atom stereocenters. The summed E-state index contributed by atoms with van der Waals surface area (Å²) in [5.41, 5.74) is 2.98. The highest BCUT2D eigenvalue weighted by atomic mass is 16.5. The smallest absolute Gasteiger partial charge is 0.260 e. The summed E-state index contributed by atoms with van der Waals surface area (Å²) in [6.45, 7) is 3.97. The average molecular weight is 350 g/mol. The lowest BCUT2D eigenvalue weighted by molar-refractivity contribution is -0.134. The third-order valence-electron chi connectivity index (χ3n) is 4.48. The van der Waals surface area contributed by atoms with Crippen molar-refractivity contribution in [2.45, 2.75) is 19.9 Å². The van der Waals surface area contributed by atoms with Crippen LogP contribution in [0.3, 0.4) is 0 Å². The van der Waals surface area contributed by atoms with Gasteiger partial charge in [-0.2, -0.15) is 5.10 Å². The maximum Gasteiger partial charge on any atom is 0.260 e. The van der Waals surface area contributed by atoms with E-state index in [4.69, 9.17) is 4.74 Å². The van der Waals surface area contributed by atoms with Gasteiger partial charge in [-0.1, -0.05) is 30.3 Å². The topological polar surface area (TPSA) is 60.2 Å². The van der Waals surface area contributed by atoms with E-state index in [1.165, 1.54) is 6.33 Å². The number of hydrogen-bond acceptors (Lipinski definition) is 4. The molecule has 0 aliphatic carbocycles. The van der Waals surface area contributed by atoms with Gasteiger partial charge in [-0.15, -0.1) is 0 Å². The largest absolute Gasteiger partial charge is 0.484 e. The van der Waals surface area contributed by atoms with Gasteiger partial charge in [0, 0.05) is 7.05 Å². The van der Waals surface area contributed by atoms with Crippen molar-refractivity contribution in [3.63, 3.8) is 0 Å². The molecule has 0 saturated carbocycles. The number of aromatic nitrogens is 3. The monoisotopic (exact) mass is 350 g/mol. The Morgan fingerprint density at radius 2 is 1.92 bits per heavy atom. The van der Waals surface area contributed by atoms with E-state index in [9.17, 15) is 4.79 Å². The fraction of sp³-hybridized carbons (Fsp3) is 0.250. The summed E-state index contributed by atoms with van der Waals surface area (Å²) in [4.78, 5) is 18.1. The number of rotatable bonds is 6. The Kier molecular flexibility index (Phi) is 5.31. The summed E-state index contributed by atoms with van der Waals surface area (Å²) in [6, 6.07) is 15.5.